The molecule has 6 N–H and O–H groups in total. The summed E-state index contributed by atoms with van der Waals surface area (Å²) in [6.45, 7) is 20.6. The molecule has 2 aromatic heterocycles. The quantitative estimate of drug-likeness (QED) is 0.0169. The Bertz CT molecular complexity index is 6630. The summed E-state index contributed by atoms with van der Waals surface area (Å²) < 4.78 is 144. The molecule has 22 nitrogen and oxygen atoms in total. The Morgan fingerprint density at radius 2 is 0.876 bits per heavy atom. The Hall–Kier alpha value is -10.6. The minimum atomic E-state index is -3.92. The third-order valence-electron chi connectivity index (χ3n) is 26.6. The number of piperazine rings is 2. The molecule has 2 atom stereocenters. The number of sulfonamides is 2. The number of carbonyl (C=O) groups excluding carboxylic acids is 1. The van der Waals surface area contributed by atoms with E-state index < -0.39 is 64.5 Å². The highest BCUT2D eigenvalue weighted by Gasteiger charge is 2.36. The molecule has 0 aliphatic carbocycles. The van der Waals surface area contributed by atoms with Crippen LogP contribution in [0.4, 0.5) is 58.7 Å². The van der Waals surface area contributed by atoms with E-state index in [-0.39, 0.29) is 49.1 Å². The Morgan fingerprint density at radius 3 is 1.29 bits per heavy atom. The normalized spacial score (nSPS) is 16.0. The van der Waals surface area contributed by atoms with Crippen molar-refractivity contribution in [3.8, 4) is 44.8 Å². The summed E-state index contributed by atoms with van der Waals surface area (Å²) in [6.07, 6.45) is 6.02. The minimum Gasteiger partial charge on any atom is -0.465 e. The molecule has 724 valence electrons. The summed E-state index contributed by atoms with van der Waals surface area (Å²) in [5.41, 5.74) is 10.0. The van der Waals surface area contributed by atoms with Gasteiger partial charge in [0.15, 0.2) is 15.7 Å². The van der Waals surface area contributed by atoms with Crippen molar-refractivity contribution in [2.24, 2.45) is 14.1 Å². The molecule has 0 unspecified atom stereocenters. The van der Waals surface area contributed by atoms with Crippen molar-refractivity contribution in [1.29, 1.82) is 0 Å². The third-order valence-corrected chi connectivity index (χ3v) is 33.5. The second-order valence-corrected chi connectivity index (χ2v) is 44.9. The highest BCUT2D eigenvalue weighted by Crippen LogP contribution is 2.47. The van der Waals surface area contributed by atoms with Gasteiger partial charge in [0, 0.05) is 218 Å². The number of likely N-dealkylation sites (tertiary alicyclic amines) is 2. The number of sulfone groups is 1. The largest absolute Gasteiger partial charge is 0.465 e. The molecule has 10 aromatic carbocycles. The number of carbonyl (C=O) groups is 1. The lowest BCUT2D eigenvalue weighted by Gasteiger charge is -2.37. The van der Waals surface area contributed by atoms with E-state index in [4.69, 9.17) is 27.9 Å². The molecule has 0 radical (unpaired) electrons. The average Bonchev–Trinajstić information content (AvgIpc) is 1.62. The van der Waals surface area contributed by atoms with Crippen LogP contribution in [0.2, 0.25) is 10.0 Å². The van der Waals surface area contributed by atoms with Gasteiger partial charge in [-0.3, -0.25) is 9.44 Å². The predicted octanol–water partition coefficient (Wildman–Crippen LogP) is 20.7. The molecule has 6 heterocycles. The number of nitrogens with one attached hydrogen (secondary N) is 4. The fourth-order valence-electron chi connectivity index (χ4n) is 18.4. The van der Waals surface area contributed by atoms with Gasteiger partial charge in [-0.05, 0) is 272 Å². The van der Waals surface area contributed by atoms with Crippen LogP contribution < -0.4 is 39.7 Å². The molecular formula is C105H119Cl2F3N12O10S5. The molecule has 0 amide bonds. The number of esters is 1. The number of aryl methyl sites for hydroxylation is 2. The molecule has 4 aliphatic heterocycles. The molecule has 0 bridgehead atoms. The van der Waals surface area contributed by atoms with Crippen molar-refractivity contribution in [3.63, 3.8) is 0 Å². The number of halogens is 5. The van der Waals surface area contributed by atoms with Crippen molar-refractivity contribution < 1.29 is 58.2 Å². The van der Waals surface area contributed by atoms with E-state index in [2.05, 4.69) is 68.8 Å². The van der Waals surface area contributed by atoms with Crippen LogP contribution in [0.1, 0.15) is 85.2 Å². The molecule has 137 heavy (non-hydrogen) atoms. The SMILES string of the molecule is COC(=O)c1c(-c2c(F)ccc(N3CCN(c4ccc(NS(=O)(=O)c5ccc(N[C@H](CCN6CCC(C)(O)CC6)CSc6ccccc6)c(C)c5)cc4)CC3)c2F)c(-c2ccc(Cl)cc2)n(C)c1C.Cc1cc(S(=O)(=O)Nc2ccc(N3CCN(c4cc(F)cc(-c5c(S(C)(=O)=O)c(C)n(C)c5-c5ccc(Cl)cc5)c4)CC3)cc2)ccc1N[C@H](CCN1CCC(C)(O)CC1)CSc1ccccc1. The first-order chi connectivity index (χ1) is 65.3. The van der Waals surface area contributed by atoms with Crippen molar-refractivity contribution in [3.05, 3.63) is 280 Å². The number of piperidine rings is 2. The molecule has 4 saturated heterocycles. The van der Waals surface area contributed by atoms with Gasteiger partial charge >= 0.3 is 5.97 Å². The van der Waals surface area contributed by atoms with Gasteiger partial charge < -0.3 is 64.1 Å². The number of ether oxygens (including phenoxy) is 1. The van der Waals surface area contributed by atoms with Crippen LogP contribution in [-0.4, -0.2) is 200 Å². The second-order valence-electron chi connectivity index (χ2n) is 36.6. The zero-order valence-corrected chi connectivity index (χ0v) is 84.3. The predicted molar refractivity (Wildman–Crippen MR) is 553 cm³/mol. The summed E-state index contributed by atoms with van der Waals surface area (Å²) >= 11 is 16.0. The lowest BCUT2D eigenvalue weighted by Crippen LogP contribution is -2.46. The number of aromatic nitrogens is 2. The van der Waals surface area contributed by atoms with Crippen molar-refractivity contribution in [2.45, 2.75) is 128 Å². The molecule has 4 fully saturated rings. The summed E-state index contributed by atoms with van der Waals surface area (Å²) in [6, 6.07) is 67.1. The monoisotopic (exact) mass is 1990 g/mol. The van der Waals surface area contributed by atoms with E-state index in [1.807, 2.05) is 135 Å². The Labute approximate surface area is 822 Å². The zero-order chi connectivity index (χ0) is 97.4. The number of aliphatic hydroxyl groups is 2. The summed E-state index contributed by atoms with van der Waals surface area (Å²) in [5.74, 6) is -1.10. The van der Waals surface area contributed by atoms with Crippen LogP contribution in [-0.2, 0) is 48.7 Å². The number of methoxy groups -OCH3 is 1. The molecule has 0 saturated carbocycles. The van der Waals surface area contributed by atoms with E-state index in [0.717, 1.165) is 129 Å². The minimum absolute atomic E-state index is 0.0756. The summed E-state index contributed by atoms with van der Waals surface area (Å²) in [7, 11) is -6.73. The maximum Gasteiger partial charge on any atom is 0.340 e. The summed E-state index contributed by atoms with van der Waals surface area (Å²) in [4.78, 5) is 29.2. The number of benzene rings is 10. The fraction of sp³-hybridized carbons (Fsp3) is 0.343. The molecule has 4 aliphatic rings. The van der Waals surface area contributed by atoms with Crippen LogP contribution in [0.15, 0.2) is 249 Å². The lowest BCUT2D eigenvalue weighted by molar-refractivity contribution is -0.00599. The van der Waals surface area contributed by atoms with Gasteiger partial charge in [0.05, 0.1) is 61.2 Å². The molecular weight excluding hydrogens is 1880 g/mol. The van der Waals surface area contributed by atoms with Crippen molar-refractivity contribution in [1.82, 2.24) is 18.9 Å². The zero-order valence-electron chi connectivity index (χ0n) is 78.7. The topological polar surface area (TPSA) is 247 Å². The first-order valence-electron chi connectivity index (χ1n) is 46.1. The Balaban J connectivity index is 0.000000208. The Morgan fingerprint density at radius 1 is 0.467 bits per heavy atom. The molecule has 12 aromatic rings. The van der Waals surface area contributed by atoms with Gasteiger partial charge in [-0.25, -0.2) is 43.2 Å². The summed E-state index contributed by atoms with van der Waals surface area (Å²) in [5, 5.41) is 29.4. The van der Waals surface area contributed by atoms with Gasteiger partial charge in [0.25, 0.3) is 20.0 Å². The van der Waals surface area contributed by atoms with Crippen molar-refractivity contribution >= 4 is 128 Å². The standard InChI is InChI=1S/C53H59ClF2N6O5S2.C52H60ClFN6O5S3/c1-35-33-43(19-21-45(35)57-40(34-68-42-9-7-6-8-10-42)23-26-60-27-24-53(3,64)25-28-60)69(65,66)58-39-15-17-41(18-16-39)61-29-31-62(32-30-61)46-22-20-44(55)48(50(46)56)49-47(52(63)67-5)36(2)59(4)51(49)37-11-13-38(54)14-12-37;1-36-31-47(19-20-48(36)55-43(35-66-46-9-7-6-8-10-46)21-24-58-25-22-52(3,61)23-26-58)68(64,65)56-42-15-17-44(18-16-42)59-27-29-60(30-28-59)45-33-39(32-41(54)34-45)49-50(38-11-13-40(53)14-12-38)57(4)37(2)51(49)67(5,62)63/h6-22,33,40,57-58,64H,23-32,34H2,1-5H3;6-20,31-34,43,55-56,61H,21-30,35H2,1-5H3/t40-;43-/m11/s1. The van der Waals surface area contributed by atoms with Crippen LogP contribution in [0.3, 0.4) is 0 Å². The fourth-order valence-corrected chi connectivity index (χ4v) is 24.2. The van der Waals surface area contributed by atoms with Crippen LogP contribution in [0.5, 0.6) is 0 Å². The molecule has 0 spiro atoms. The van der Waals surface area contributed by atoms with Crippen LogP contribution in [0, 0.1) is 45.1 Å². The van der Waals surface area contributed by atoms with Crippen LogP contribution >= 0.6 is 46.7 Å². The third kappa shape index (κ3) is 24.6. The van der Waals surface area contributed by atoms with Crippen molar-refractivity contribution in [2.75, 3.05) is 156 Å². The van der Waals surface area contributed by atoms with E-state index in [0.29, 0.717) is 119 Å². The van der Waals surface area contributed by atoms with Crippen LogP contribution in [0.25, 0.3) is 44.8 Å². The van der Waals surface area contributed by atoms with Gasteiger partial charge in [0.2, 0.25) is 0 Å². The first kappa shape index (κ1) is 101. The van der Waals surface area contributed by atoms with E-state index in [1.165, 1.54) is 47.4 Å². The van der Waals surface area contributed by atoms with E-state index in [1.54, 1.807) is 134 Å². The number of nitrogens with zero attached hydrogens (tertiary/aromatic N) is 8. The maximum absolute atomic E-state index is 16.9. The van der Waals surface area contributed by atoms with Gasteiger partial charge in [-0.15, -0.1) is 23.5 Å². The Kier molecular flexibility index (Phi) is 32.0. The number of hydrogen-bond donors (Lipinski definition) is 6. The van der Waals surface area contributed by atoms with Gasteiger partial charge in [0.1, 0.15) is 11.6 Å². The smallest absolute Gasteiger partial charge is 0.340 e. The number of thioether (sulfide) groups is 2. The van der Waals surface area contributed by atoms with Gasteiger partial charge in [-0.2, -0.15) is 0 Å². The molecule has 32 heteroatoms. The average molecular weight is 2000 g/mol. The molecule has 16 rings (SSSR count). The van der Waals surface area contributed by atoms with Gasteiger partial charge in [-0.1, -0.05) is 83.9 Å². The highest BCUT2D eigenvalue weighted by atomic mass is 35.5. The number of anilines is 8. The highest BCUT2D eigenvalue weighted by molar-refractivity contribution is 7.99. The maximum atomic E-state index is 16.9. The second kappa shape index (κ2) is 43.4. The first-order valence-corrected chi connectivity index (χ1v) is 53.7. The number of rotatable bonds is 32. The number of hydrogen-bond acceptors (Lipinski definition) is 20. The lowest BCUT2D eigenvalue weighted by atomic mass is 9.94. The van der Waals surface area contributed by atoms with E-state index >= 15 is 13.2 Å². The van der Waals surface area contributed by atoms with E-state index in [9.17, 15) is 40.3 Å².